The second-order valence-corrected chi connectivity index (χ2v) is 8.28. The summed E-state index contributed by atoms with van der Waals surface area (Å²) in [5, 5.41) is 5.58. The first-order valence-electron chi connectivity index (χ1n) is 10.6. The highest BCUT2D eigenvalue weighted by atomic mass is 19.1. The molecule has 0 bridgehead atoms. The van der Waals surface area contributed by atoms with Crippen LogP contribution in [0, 0.1) is 11.7 Å². The minimum absolute atomic E-state index is 0.0410. The molecule has 1 aliphatic heterocycles. The van der Waals surface area contributed by atoms with Crippen molar-refractivity contribution < 1.29 is 23.5 Å². The number of amides is 3. The molecular weight excluding hydrogens is 413 g/mol. The highest BCUT2D eigenvalue weighted by Crippen LogP contribution is 2.34. The quantitative estimate of drug-likeness (QED) is 0.648. The predicted molar refractivity (Wildman–Crippen MR) is 118 cm³/mol. The standard InChI is InChI=1S/C24H28FN3O4/c1-15(2)11-12-26-23(30)21-22(18-7-9-20(10-8-18)27-16(3)29)32-24(31)28(21)14-17-5-4-6-19(25)13-17/h4-10,13,15,21-22H,11-12,14H2,1-3H3,(H,26,30)(H,27,29). The van der Waals surface area contributed by atoms with E-state index in [0.29, 0.717) is 29.3 Å². The maximum absolute atomic E-state index is 13.7. The lowest BCUT2D eigenvalue weighted by molar-refractivity contribution is -0.126. The van der Waals surface area contributed by atoms with Crippen molar-refractivity contribution in [2.24, 2.45) is 5.92 Å². The molecule has 0 spiro atoms. The van der Waals surface area contributed by atoms with Crippen LogP contribution >= 0.6 is 0 Å². The Morgan fingerprint density at radius 2 is 1.88 bits per heavy atom. The maximum Gasteiger partial charge on any atom is 0.411 e. The molecule has 2 atom stereocenters. The number of cyclic esters (lactones) is 1. The smallest absolute Gasteiger partial charge is 0.411 e. The minimum atomic E-state index is -0.912. The molecule has 0 radical (unpaired) electrons. The van der Waals surface area contributed by atoms with Gasteiger partial charge in [0.25, 0.3) is 0 Å². The van der Waals surface area contributed by atoms with E-state index in [2.05, 4.69) is 24.5 Å². The number of benzene rings is 2. The number of hydrogen-bond donors (Lipinski definition) is 2. The van der Waals surface area contributed by atoms with E-state index < -0.39 is 24.1 Å². The summed E-state index contributed by atoms with van der Waals surface area (Å²) in [4.78, 5) is 38.4. The van der Waals surface area contributed by atoms with Crippen LogP contribution in [0.3, 0.4) is 0 Å². The monoisotopic (exact) mass is 441 g/mol. The zero-order valence-corrected chi connectivity index (χ0v) is 18.4. The second-order valence-electron chi connectivity index (χ2n) is 8.28. The first-order valence-corrected chi connectivity index (χ1v) is 10.6. The number of hydrogen-bond acceptors (Lipinski definition) is 4. The summed E-state index contributed by atoms with van der Waals surface area (Å²) >= 11 is 0. The Kier molecular flexibility index (Phi) is 7.45. The number of carbonyl (C=O) groups excluding carboxylic acids is 3. The van der Waals surface area contributed by atoms with Gasteiger partial charge in [-0.05, 0) is 47.7 Å². The summed E-state index contributed by atoms with van der Waals surface area (Å²) in [6.07, 6.45) is -0.677. The fourth-order valence-electron chi connectivity index (χ4n) is 3.59. The van der Waals surface area contributed by atoms with Crippen LogP contribution in [-0.2, 0) is 20.9 Å². The highest BCUT2D eigenvalue weighted by molar-refractivity contribution is 5.90. The molecule has 0 aromatic heterocycles. The van der Waals surface area contributed by atoms with Crippen LogP contribution in [0.25, 0.3) is 0 Å². The number of nitrogens with one attached hydrogen (secondary N) is 2. The molecule has 1 aliphatic rings. The van der Waals surface area contributed by atoms with Crippen molar-refractivity contribution in [3.05, 3.63) is 65.5 Å². The second kappa shape index (κ2) is 10.3. The first-order chi connectivity index (χ1) is 15.2. The SMILES string of the molecule is CC(=O)Nc1ccc(C2OC(=O)N(Cc3cccc(F)c3)C2C(=O)NCCC(C)C)cc1. The number of halogens is 1. The van der Waals surface area contributed by atoms with Crippen molar-refractivity contribution in [1.29, 1.82) is 0 Å². The molecule has 1 heterocycles. The van der Waals surface area contributed by atoms with Crippen LogP contribution < -0.4 is 10.6 Å². The summed E-state index contributed by atoms with van der Waals surface area (Å²) in [6.45, 7) is 6.05. The average molecular weight is 442 g/mol. The summed E-state index contributed by atoms with van der Waals surface area (Å²) in [5.41, 5.74) is 1.78. The summed E-state index contributed by atoms with van der Waals surface area (Å²) in [7, 11) is 0. The van der Waals surface area contributed by atoms with Gasteiger partial charge in [-0.3, -0.25) is 14.5 Å². The lowest BCUT2D eigenvalue weighted by atomic mass is 10.00. The third-order valence-electron chi connectivity index (χ3n) is 5.18. The molecule has 7 nitrogen and oxygen atoms in total. The van der Waals surface area contributed by atoms with E-state index in [1.807, 2.05) is 0 Å². The van der Waals surface area contributed by atoms with Gasteiger partial charge in [0.1, 0.15) is 5.82 Å². The molecule has 2 aromatic carbocycles. The van der Waals surface area contributed by atoms with Crippen molar-refractivity contribution in [2.75, 3.05) is 11.9 Å². The number of anilines is 1. The lowest BCUT2D eigenvalue weighted by Gasteiger charge is -2.24. The van der Waals surface area contributed by atoms with Crippen molar-refractivity contribution in [2.45, 2.75) is 45.9 Å². The Morgan fingerprint density at radius 3 is 2.50 bits per heavy atom. The van der Waals surface area contributed by atoms with Gasteiger partial charge in [0, 0.05) is 19.2 Å². The molecule has 1 saturated heterocycles. The van der Waals surface area contributed by atoms with Crippen LogP contribution in [0.15, 0.2) is 48.5 Å². The third-order valence-corrected chi connectivity index (χ3v) is 5.18. The highest BCUT2D eigenvalue weighted by Gasteiger charge is 2.46. The lowest BCUT2D eigenvalue weighted by Crippen LogP contribution is -2.46. The average Bonchev–Trinajstić information content (AvgIpc) is 3.04. The molecule has 170 valence electrons. The number of nitrogens with zero attached hydrogens (tertiary/aromatic N) is 1. The zero-order valence-electron chi connectivity index (χ0n) is 18.4. The van der Waals surface area contributed by atoms with Crippen LogP contribution in [0.2, 0.25) is 0 Å². The Bertz CT molecular complexity index is 977. The van der Waals surface area contributed by atoms with Gasteiger partial charge < -0.3 is 15.4 Å². The molecule has 3 amide bonds. The van der Waals surface area contributed by atoms with E-state index in [1.54, 1.807) is 36.4 Å². The predicted octanol–water partition coefficient (Wildman–Crippen LogP) is 4.01. The Labute approximate surface area is 186 Å². The molecule has 2 aromatic rings. The van der Waals surface area contributed by atoms with Gasteiger partial charge in [0.2, 0.25) is 11.8 Å². The van der Waals surface area contributed by atoms with Gasteiger partial charge in [-0.25, -0.2) is 9.18 Å². The molecular formula is C24H28FN3O4. The molecule has 3 rings (SSSR count). The third kappa shape index (κ3) is 5.84. The normalized spacial score (nSPS) is 17.9. The zero-order chi connectivity index (χ0) is 23.3. The number of ether oxygens (including phenoxy) is 1. The molecule has 2 N–H and O–H groups in total. The molecule has 8 heteroatoms. The molecule has 0 saturated carbocycles. The van der Waals surface area contributed by atoms with E-state index in [0.717, 1.165) is 6.42 Å². The molecule has 0 aliphatic carbocycles. The summed E-state index contributed by atoms with van der Waals surface area (Å²) < 4.78 is 19.3. The van der Waals surface area contributed by atoms with E-state index in [4.69, 9.17) is 4.74 Å². The Balaban J connectivity index is 1.86. The summed E-state index contributed by atoms with van der Waals surface area (Å²) in [5.74, 6) is -0.534. The van der Waals surface area contributed by atoms with E-state index in [1.165, 1.54) is 24.0 Å². The van der Waals surface area contributed by atoms with Crippen molar-refractivity contribution in [1.82, 2.24) is 10.2 Å². The van der Waals surface area contributed by atoms with Gasteiger partial charge in [-0.2, -0.15) is 0 Å². The largest absolute Gasteiger partial charge is 0.438 e. The topological polar surface area (TPSA) is 87.7 Å². The van der Waals surface area contributed by atoms with Crippen molar-refractivity contribution in [3.8, 4) is 0 Å². The van der Waals surface area contributed by atoms with E-state index >= 15 is 0 Å². The van der Waals surface area contributed by atoms with E-state index in [9.17, 15) is 18.8 Å². The number of rotatable bonds is 8. The van der Waals surface area contributed by atoms with Crippen LogP contribution in [-0.4, -0.2) is 35.4 Å². The van der Waals surface area contributed by atoms with Gasteiger partial charge in [0.05, 0.1) is 6.54 Å². The number of carbonyl (C=O) groups is 3. The molecule has 32 heavy (non-hydrogen) atoms. The van der Waals surface area contributed by atoms with Gasteiger partial charge in [-0.15, -0.1) is 0 Å². The van der Waals surface area contributed by atoms with Crippen LogP contribution in [0.5, 0.6) is 0 Å². The minimum Gasteiger partial charge on any atom is -0.438 e. The van der Waals surface area contributed by atoms with Gasteiger partial charge in [-0.1, -0.05) is 38.1 Å². The summed E-state index contributed by atoms with van der Waals surface area (Å²) in [6, 6.07) is 11.8. The van der Waals surface area contributed by atoms with Crippen molar-refractivity contribution >= 4 is 23.6 Å². The van der Waals surface area contributed by atoms with Crippen LogP contribution in [0.4, 0.5) is 14.9 Å². The van der Waals surface area contributed by atoms with Crippen molar-refractivity contribution in [3.63, 3.8) is 0 Å². The molecule has 2 unspecified atom stereocenters. The maximum atomic E-state index is 13.7. The van der Waals surface area contributed by atoms with Gasteiger partial charge in [0.15, 0.2) is 12.1 Å². The Morgan fingerprint density at radius 1 is 1.16 bits per heavy atom. The van der Waals surface area contributed by atoms with E-state index in [-0.39, 0.29) is 18.4 Å². The first kappa shape index (κ1) is 23.2. The molecule has 1 fully saturated rings. The van der Waals surface area contributed by atoms with Gasteiger partial charge >= 0.3 is 6.09 Å². The van der Waals surface area contributed by atoms with Crippen LogP contribution in [0.1, 0.15) is 44.4 Å². The fraction of sp³-hybridized carbons (Fsp3) is 0.375. The fourth-order valence-corrected chi connectivity index (χ4v) is 3.59. The Hall–Kier alpha value is -3.42.